The fraction of sp³-hybridized carbons (Fsp3) is 0.357. The second-order valence-electron chi connectivity index (χ2n) is 9.20. The number of fused-ring (bicyclic) bond motifs is 1. The van der Waals surface area contributed by atoms with E-state index in [2.05, 4.69) is 11.4 Å². The molecule has 0 N–H and O–H groups in total. The van der Waals surface area contributed by atoms with Crippen LogP contribution < -0.4 is 9.47 Å². The highest BCUT2D eigenvalue weighted by atomic mass is 35.5. The molecular weight excluding hydrogens is 496 g/mol. The largest absolute Gasteiger partial charge is 0.496 e. The van der Waals surface area contributed by atoms with E-state index in [1.165, 1.54) is 4.88 Å². The van der Waals surface area contributed by atoms with Crippen LogP contribution in [-0.2, 0) is 11.2 Å². The second-order valence-corrected chi connectivity index (χ2v) is 10.6. The monoisotopic (exact) mass is 526 g/mol. The summed E-state index contributed by atoms with van der Waals surface area (Å²) in [5.41, 5.74) is 1.56. The average Bonchev–Trinajstić information content (AvgIpc) is 3.36. The van der Waals surface area contributed by atoms with E-state index in [1.54, 1.807) is 53.7 Å². The van der Waals surface area contributed by atoms with Gasteiger partial charge in [-0.1, -0.05) is 37.6 Å². The van der Waals surface area contributed by atoms with E-state index in [0.717, 1.165) is 12.0 Å². The minimum Gasteiger partial charge on any atom is -0.496 e. The molecule has 0 radical (unpaired) electrons. The quantitative estimate of drug-likeness (QED) is 0.358. The standard InChI is InChI=1S/C28H31ClN2O4S/c1-19(2)16-30(28(33)23-6-4-5-7-25(23)34-3)17-27(32)31-14-12-26-22(13-15-36-26)24(31)18-35-21-10-8-20(29)9-11-21/h4-11,13,15,19,24H,12,14,16-18H2,1-3H3/t24-/m1/s1. The molecule has 36 heavy (non-hydrogen) atoms. The van der Waals surface area contributed by atoms with Crippen molar-refractivity contribution in [2.75, 3.05) is 33.4 Å². The minimum absolute atomic E-state index is 0.00796. The van der Waals surface area contributed by atoms with E-state index in [1.807, 2.05) is 36.9 Å². The zero-order valence-corrected chi connectivity index (χ0v) is 22.3. The van der Waals surface area contributed by atoms with E-state index in [-0.39, 0.29) is 30.3 Å². The Bertz CT molecular complexity index is 1190. The van der Waals surface area contributed by atoms with Crippen molar-refractivity contribution in [3.8, 4) is 11.5 Å². The van der Waals surface area contributed by atoms with Crippen LogP contribution in [0, 0.1) is 5.92 Å². The summed E-state index contributed by atoms with van der Waals surface area (Å²) in [7, 11) is 1.54. The molecule has 0 unspecified atom stereocenters. The van der Waals surface area contributed by atoms with Gasteiger partial charge in [-0.2, -0.15) is 0 Å². The number of hydrogen-bond donors (Lipinski definition) is 0. The third kappa shape index (κ3) is 6.02. The lowest BCUT2D eigenvalue weighted by atomic mass is 10.00. The number of para-hydroxylation sites is 1. The van der Waals surface area contributed by atoms with Crippen molar-refractivity contribution in [1.82, 2.24) is 9.80 Å². The Morgan fingerprint density at radius 3 is 2.61 bits per heavy atom. The van der Waals surface area contributed by atoms with E-state index >= 15 is 0 Å². The van der Waals surface area contributed by atoms with E-state index in [9.17, 15) is 9.59 Å². The molecular formula is C28H31ClN2O4S. The van der Waals surface area contributed by atoms with Crippen LogP contribution in [0.15, 0.2) is 60.0 Å². The highest BCUT2D eigenvalue weighted by Crippen LogP contribution is 2.34. The van der Waals surface area contributed by atoms with Gasteiger partial charge in [0.05, 0.1) is 18.7 Å². The maximum atomic E-state index is 13.7. The fourth-order valence-corrected chi connectivity index (χ4v) is 5.54. The second kappa shape index (κ2) is 11.8. The van der Waals surface area contributed by atoms with Crippen LogP contribution in [0.25, 0.3) is 0 Å². The molecule has 3 aromatic rings. The van der Waals surface area contributed by atoms with Crippen molar-refractivity contribution in [2.24, 2.45) is 5.92 Å². The lowest BCUT2D eigenvalue weighted by Crippen LogP contribution is -2.48. The summed E-state index contributed by atoms with van der Waals surface area (Å²) in [6.07, 6.45) is 0.792. The highest BCUT2D eigenvalue weighted by Gasteiger charge is 2.34. The van der Waals surface area contributed by atoms with Gasteiger partial charge in [0, 0.05) is 23.0 Å². The minimum atomic E-state index is -0.231. The molecule has 8 heteroatoms. The number of benzene rings is 2. The molecule has 0 aliphatic carbocycles. The summed E-state index contributed by atoms with van der Waals surface area (Å²) in [4.78, 5) is 32.0. The highest BCUT2D eigenvalue weighted by molar-refractivity contribution is 7.10. The van der Waals surface area contributed by atoms with E-state index in [0.29, 0.717) is 41.8 Å². The van der Waals surface area contributed by atoms with Gasteiger partial charge in [0.1, 0.15) is 24.7 Å². The molecule has 0 spiro atoms. The van der Waals surface area contributed by atoms with Crippen molar-refractivity contribution >= 4 is 34.8 Å². The molecule has 1 aromatic heterocycles. The van der Waals surface area contributed by atoms with Crippen molar-refractivity contribution in [3.05, 3.63) is 81.0 Å². The number of rotatable bonds is 9. The fourth-order valence-electron chi connectivity index (χ4n) is 4.49. The average molecular weight is 527 g/mol. The van der Waals surface area contributed by atoms with Gasteiger partial charge in [0.2, 0.25) is 5.91 Å². The van der Waals surface area contributed by atoms with Crippen LogP contribution in [-0.4, -0.2) is 55.0 Å². The number of ether oxygens (including phenoxy) is 2. The Morgan fingerprint density at radius 2 is 1.89 bits per heavy atom. The number of halogens is 1. The smallest absolute Gasteiger partial charge is 0.258 e. The summed E-state index contributed by atoms with van der Waals surface area (Å²) in [6, 6.07) is 16.2. The van der Waals surface area contributed by atoms with Gasteiger partial charge in [-0.05, 0) is 65.7 Å². The molecule has 0 saturated heterocycles. The first-order valence-electron chi connectivity index (χ1n) is 12.0. The van der Waals surface area contributed by atoms with Crippen molar-refractivity contribution in [1.29, 1.82) is 0 Å². The Morgan fingerprint density at radius 1 is 1.14 bits per heavy atom. The number of methoxy groups -OCH3 is 1. The van der Waals surface area contributed by atoms with E-state index < -0.39 is 0 Å². The Hall–Kier alpha value is -3.03. The summed E-state index contributed by atoms with van der Waals surface area (Å²) in [5.74, 6) is 1.09. The summed E-state index contributed by atoms with van der Waals surface area (Å²) in [6.45, 7) is 5.43. The van der Waals surface area contributed by atoms with Gasteiger partial charge in [0.15, 0.2) is 0 Å². The Balaban J connectivity index is 1.55. The van der Waals surface area contributed by atoms with Gasteiger partial charge < -0.3 is 19.3 Å². The first-order chi connectivity index (χ1) is 17.4. The lowest BCUT2D eigenvalue weighted by molar-refractivity contribution is -0.135. The number of amides is 2. The predicted octanol–water partition coefficient (Wildman–Crippen LogP) is 5.71. The molecule has 190 valence electrons. The van der Waals surface area contributed by atoms with Crippen molar-refractivity contribution in [2.45, 2.75) is 26.3 Å². The zero-order valence-electron chi connectivity index (χ0n) is 20.8. The molecule has 6 nitrogen and oxygen atoms in total. The normalized spacial score (nSPS) is 14.9. The number of carbonyl (C=O) groups is 2. The summed E-state index contributed by atoms with van der Waals surface area (Å²) >= 11 is 7.71. The Labute approximate surface area is 221 Å². The number of nitrogens with zero attached hydrogens (tertiary/aromatic N) is 2. The SMILES string of the molecule is COc1ccccc1C(=O)N(CC(=O)N1CCc2sccc2[C@H]1COc1ccc(Cl)cc1)CC(C)C. The van der Waals surface area contributed by atoms with Crippen LogP contribution in [0.2, 0.25) is 5.02 Å². The lowest BCUT2D eigenvalue weighted by Gasteiger charge is -2.37. The molecule has 2 heterocycles. The van der Waals surface area contributed by atoms with Crippen LogP contribution >= 0.6 is 22.9 Å². The van der Waals surface area contributed by atoms with Crippen molar-refractivity contribution < 1.29 is 19.1 Å². The maximum Gasteiger partial charge on any atom is 0.258 e. The number of carbonyl (C=O) groups excluding carboxylic acids is 2. The summed E-state index contributed by atoms with van der Waals surface area (Å²) < 4.78 is 11.5. The molecule has 0 fully saturated rings. The Kier molecular flexibility index (Phi) is 8.54. The van der Waals surface area contributed by atoms with Crippen LogP contribution in [0.3, 0.4) is 0 Å². The first kappa shape index (κ1) is 26.0. The third-order valence-electron chi connectivity index (χ3n) is 6.17. The molecule has 2 amide bonds. The molecule has 1 aliphatic rings. The molecule has 0 saturated carbocycles. The van der Waals surface area contributed by atoms with Crippen LogP contribution in [0.5, 0.6) is 11.5 Å². The summed E-state index contributed by atoms with van der Waals surface area (Å²) in [5, 5.41) is 2.70. The van der Waals surface area contributed by atoms with Gasteiger partial charge in [-0.25, -0.2) is 0 Å². The van der Waals surface area contributed by atoms with Crippen molar-refractivity contribution in [3.63, 3.8) is 0 Å². The van der Waals surface area contributed by atoms with Gasteiger partial charge in [-0.15, -0.1) is 11.3 Å². The topological polar surface area (TPSA) is 59.1 Å². The molecule has 1 aliphatic heterocycles. The van der Waals surface area contributed by atoms with Gasteiger partial charge >= 0.3 is 0 Å². The molecule has 4 rings (SSSR count). The molecule has 2 aromatic carbocycles. The molecule has 1 atom stereocenters. The molecule has 0 bridgehead atoms. The van der Waals surface area contributed by atoms with E-state index in [4.69, 9.17) is 21.1 Å². The van der Waals surface area contributed by atoms with Crippen LogP contribution in [0.1, 0.15) is 40.7 Å². The maximum absolute atomic E-state index is 13.7. The van der Waals surface area contributed by atoms with Crippen LogP contribution in [0.4, 0.5) is 0 Å². The van der Waals surface area contributed by atoms with Gasteiger partial charge in [0.25, 0.3) is 5.91 Å². The third-order valence-corrected chi connectivity index (χ3v) is 7.42. The first-order valence-corrected chi connectivity index (χ1v) is 13.3. The zero-order chi connectivity index (χ0) is 25.7. The number of thiophene rings is 1. The van der Waals surface area contributed by atoms with Gasteiger partial charge in [-0.3, -0.25) is 9.59 Å². The predicted molar refractivity (Wildman–Crippen MR) is 143 cm³/mol. The number of hydrogen-bond acceptors (Lipinski definition) is 5.